The van der Waals surface area contributed by atoms with Crippen LogP contribution < -0.4 is 71.4 Å². The molecule has 0 saturated heterocycles. The minimum Gasteiger partial charge on any atom is -0.550 e. The summed E-state index contributed by atoms with van der Waals surface area (Å²) in [4.78, 5) is 69.3. The molecule has 0 aromatic heterocycles. The molecule has 12 rings (SSSR count). The number of aliphatic hydroxyl groups excluding tert-OH is 2. The maximum absolute atomic E-state index is 11.7. The molecular formula is C101H126BBr2N4NaO14+. The van der Waals surface area contributed by atoms with Gasteiger partial charge in [-0.1, -0.05) is 267 Å². The Kier molecular flexibility index (Phi) is 60.2. The van der Waals surface area contributed by atoms with Gasteiger partial charge in [0.15, 0.2) is 11.6 Å². The number of allylic oxidation sites excluding steroid dienone is 6. The van der Waals surface area contributed by atoms with Gasteiger partial charge in [-0.3, -0.25) is 14.4 Å². The van der Waals surface area contributed by atoms with Crippen LogP contribution in [-0.2, 0) is 68.2 Å². The molecule has 123 heavy (non-hydrogen) atoms. The first-order valence-electron chi connectivity index (χ1n) is 41.0. The molecule has 9 aromatic carbocycles. The average molecular weight is 1810 g/mol. The maximum Gasteiger partial charge on any atom is 1.00 e. The van der Waals surface area contributed by atoms with E-state index in [1.807, 2.05) is 178 Å². The third kappa shape index (κ3) is 50.3. The number of benzene rings is 9. The number of aldehydes is 1. The number of ketones is 2. The van der Waals surface area contributed by atoms with Gasteiger partial charge in [0.2, 0.25) is 6.29 Å². The van der Waals surface area contributed by atoms with Crippen molar-refractivity contribution in [2.24, 2.45) is 23.1 Å². The summed E-state index contributed by atoms with van der Waals surface area (Å²) in [5.74, 6) is 0.639. The van der Waals surface area contributed by atoms with E-state index >= 15 is 0 Å². The van der Waals surface area contributed by atoms with Gasteiger partial charge in [-0.2, -0.15) is 0 Å². The van der Waals surface area contributed by atoms with Gasteiger partial charge >= 0.3 is 41.5 Å². The summed E-state index contributed by atoms with van der Waals surface area (Å²) in [6.07, 6.45) is 21.9. The fraction of sp³-hybridized carbons (Fsp3) is 0.347. The van der Waals surface area contributed by atoms with E-state index in [2.05, 4.69) is 142 Å². The second-order valence-corrected chi connectivity index (χ2v) is 30.7. The smallest absolute Gasteiger partial charge is 0.550 e. The molecule has 0 spiro atoms. The number of aryl methyl sites for hydroxylation is 3. The standard InChI is InChI=1S/C16H17BrO2.C16H15BrO2.C16H16O2.C14H23N.C10H13N.C9H11NO.C7H17N.C7H5O.C4H6O4.C2H4O2.B.Na/c2*1-12-7-14(16(18)10-17)9-15(8-12)19-11-13-5-3-2-4-6-13;1-12-8-15(13(2)17)10-16(9-12)18-11-14-6-4-3-5-7-14;1-3-4-6-9-13(2)15-12-14-10-7-5-8-11-14;1-7-6-8-4-2-3-5-9(8)10(7)11;10-9-7-4-2-1-3-6(7)5-8(9)11;1-3-4-5-6-7(2)8;8-6-7-4-2-1-3-5-7;1-3(5)7-8-4(2)6;1-2(3)4;;/h2-9,16,18H,10-11H2,1H3;2-9H,10-11H2,1H3;3-10H,11H2,1-2H3;5,7-8,10-11,13,15H,3-4,6,9,12H2,1-2H3;2-5,7,10H,6,11H2,1H3;1-4,8-9,11H,5,10H2;7H,3-6,8H2,1-2H3;1-2,4-6H;1-2H3;1H3,(H,3,4);;/q;;;;;;;+1;;;;+1/p-1/t;;;;7-,10-;8-,9+;;;;;;/m....10....../s1. The largest absolute Gasteiger partial charge is 1.00 e. The minimum atomic E-state index is -1.08. The third-order valence-electron chi connectivity index (χ3n) is 18.3. The summed E-state index contributed by atoms with van der Waals surface area (Å²) in [5.41, 5.74) is 33.1. The summed E-state index contributed by atoms with van der Waals surface area (Å²) in [6, 6.07) is 75.2. The van der Waals surface area contributed by atoms with Crippen molar-refractivity contribution >= 4 is 76.0 Å². The quantitative estimate of drug-likeness (QED) is 0.00429. The molecule has 7 atom stereocenters. The molecular weight excluding hydrogens is 1690 g/mol. The molecule has 18 nitrogen and oxygen atoms in total. The number of rotatable bonds is 26. The number of Topliss-reactive ketones (excluding diaryl/α,β-unsaturated/α-hetero) is 2. The van der Waals surface area contributed by atoms with Crippen LogP contribution >= 0.6 is 31.9 Å². The molecule has 651 valence electrons. The number of hydrogen-bond donors (Lipinski definition) is 6. The fourth-order valence-corrected chi connectivity index (χ4v) is 12.6. The van der Waals surface area contributed by atoms with Crippen molar-refractivity contribution in [2.45, 2.75) is 210 Å². The Morgan fingerprint density at radius 3 is 1.37 bits per heavy atom. The van der Waals surface area contributed by atoms with Gasteiger partial charge < -0.3 is 56.8 Å². The first-order valence-corrected chi connectivity index (χ1v) is 43.2. The fourth-order valence-electron chi connectivity index (χ4n) is 11.9. The number of nitrogens with one attached hydrogen (secondary N) is 1. The number of aliphatic carboxylic acids is 1. The van der Waals surface area contributed by atoms with Crippen LogP contribution in [-0.4, -0.2) is 83.2 Å². The van der Waals surface area contributed by atoms with E-state index < -0.39 is 24.0 Å². The number of carboxylic acid groups (broad SMARTS) is 1. The van der Waals surface area contributed by atoms with Crippen molar-refractivity contribution < 1.29 is 97.6 Å². The van der Waals surface area contributed by atoms with Crippen LogP contribution in [0.15, 0.2) is 254 Å². The Bertz CT molecular complexity index is 4490. The molecule has 0 fully saturated rings. The van der Waals surface area contributed by atoms with Crippen molar-refractivity contribution in [3.05, 3.63) is 338 Å². The topological polar surface area (TPSA) is 302 Å². The van der Waals surface area contributed by atoms with E-state index in [-0.39, 0.29) is 67.7 Å². The molecule has 0 bridgehead atoms. The van der Waals surface area contributed by atoms with Crippen LogP contribution in [0.2, 0.25) is 0 Å². The number of carbonyl (C=O) groups is 6. The molecule has 3 unspecified atom stereocenters. The van der Waals surface area contributed by atoms with E-state index in [0.717, 1.165) is 102 Å². The number of hydrogen-bond acceptors (Lipinski definition) is 18. The molecule has 22 heteroatoms. The average Bonchev–Trinajstić information content (AvgIpc) is 1.82. The molecule has 0 heterocycles. The number of carbonyl (C=O) groups excluding carboxylic acids is 6. The summed E-state index contributed by atoms with van der Waals surface area (Å²) in [7, 11) is 0. The molecule has 3 aliphatic rings. The number of unbranched alkanes of at least 4 members (excludes halogenated alkanes) is 4. The van der Waals surface area contributed by atoms with Crippen LogP contribution in [0.25, 0.3) is 0 Å². The minimum absolute atomic E-state index is 0. The van der Waals surface area contributed by atoms with Gasteiger partial charge in [0, 0.05) is 87.9 Å². The zero-order valence-corrected chi connectivity index (χ0v) is 79.1. The van der Waals surface area contributed by atoms with Crippen molar-refractivity contribution in [1.82, 2.24) is 5.32 Å². The number of halogens is 2. The van der Waals surface area contributed by atoms with Gasteiger partial charge in [0.05, 0.1) is 29.7 Å². The summed E-state index contributed by atoms with van der Waals surface area (Å²) in [5, 5.41) is 32.6. The number of alkyl halides is 2. The SMILES string of the molecule is CC(=O)OOC(C)=O.CC(=O)[O-].CC(=O)c1cc(C)cc(OCc2ccccc2)c1.CCCCCC(C)N.CCCCCC(C)NCc1ccccc1.C[C@@H]1Cc2ccccc2[C@@H]1N.Cc1cc(OCc2ccccc2)cc(C(=O)CBr)c1.Cc1cc(OCc2ccccc2)cc(C(O)CBr)c1.N[C@@H]1c2ccccc2C[C@@H]1O.O=CC1=CC=C[C+]=C1.[B].[Na+]. The van der Waals surface area contributed by atoms with Gasteiger partial charge in [-0.25, -0.2) is 19.4 Å². The molecule has 0 amide bonds. The zero-order valence-electron chi connectivity index (χ0n) is 74.0. The molecule has 3 aliphatic carbocycles. The van der Waals surface area contributed by atoms with Crippen LogP contribution in [0.1, 0.15) is 219 Å². The Morgan fingerprint density at radius 1 is 0.569 bits per heavy atom. The van der Waals surface area contributed by atoms with Crippen molar-refractivity contribution in [1.29, 1.82) is 0 Å². The first kappa shape index (κ1) is 112. The van der Waals surface area contributed by atoms with E-state index in [4.69, 9.17) is 41.3 Å². The summed E-state index contributed by atoms with van der Waals surface area (Å²) >= 11 is 6.47. The van der Waals surface area contributed by atoms with E-state index in [1.54, 1.807) is 43.4 Å². The normalized spacial score (nSPS) is 14.2. The second-order valence-electron chi connectivity index (χ2n) is 29.5. The number of aliphatic hydroxyl groups is 2. The third-order valence-corrected chi connectivity index (χ3v) is 19.4. The Morgan fingerprint density at radius 2 is 0.976 bits per heavy atom. The Hall–Kier alpha value is -9.29. The van der Waals surface area contributed by atoms with Crippen molar-refractivity contribution in [2.75, 3.05) is 10.7 Å². The Labute approximate surface area is 772 Å². The monoisotopic (exact) mass is 1810 g/mol. The van der Waals surface area contributed by atoms with Crippen LogP contribution in [0.5, 0.6) is 17.2 Å². The summed E-state index contributed by atoms with van der Waals surface area (Å²) in [6.45, 7) is 24.3. The van der Waals surface area contributed by atoms with Gasteiger partial charge in [-0.05, 0) is 189 Å². The second kappa shape index (κ2) is 66.3. The molecule has 0 aliphatic heterocycles. The predicted molar refractivity (Wildman–Crippen MR) is 498 cm³/mol. The van der Waals surface area contributed by atoms with Crippen LogP contribution in [0.4, 0.5) is 0 Å². The molecule has 0 saturated carbocycles. The van der Waals surface area contributed by atoms with Crippen molar-refractivity contribution in [3.63, 3.8) is 0 Å². The number of fused-ring (bicyclic) bond motifs is 2. The van der Waals surface area contributed by atoms with Gasteiger partial charge in [0.1, 0.15) is 54.8 Å². The first-order chi connectivity index (χ1) is 58.0. The van der Waals surface area contributed by atoms with Gasteiger partial charge in [0.25, 0.3) is 0 Å². The van der Waals surface area contributed by atoms with Crippen LogP contribution in [0, 0.1) is 32.8 Å². The number of ether oxygens (including phenoxy) is 3. The molecule has 3 radical (unpaired) electrons. The molecule has 9 N–H and O–H groups in total. The predicted octanol–water partition coefficient (Wildman–Crippen LogP) is 16.5. The van der Waals surface area contributed by atoms with E-state index in [0.29, 0.717) is 71.6 Å². The van der Waals surface area contributed by atoms with Crippen molar-refractivity contribution in [3.8, 4) is 17.2 Å². The summed E-state index contributed by atoms with van der Waals surface area (Å²) < 4.78 is 17.2. The van der Waals surface area contributed by atoms with Gasteiger partial charge in [-0.15, -0.1) is 0 Å². The zero-order chi connectivity index (χ0) is 89.3. The Balaban J connectivity index is 0.000000698. The number of carboxylic acids is 1. The van der Waals surface area contributed by atoms with E-state index in [9.17, 15) is 34.2 Å². The molecule has 9 aromatic rings. The number of nitrogens with two attached hydrogens (primary N) is 3. The van der Waals surface area contributed by atoms with Crippen LogP contribution in [0.3, 0.4) is 0 Å². The van der Waals surface area contributed by atoms with E-state index in [1.165, 1.54) is 73.6 Å². The maximum atomic E-state index is 11.7.